The fraction of sp³-hybridized carbons (Fsp3) is 0.958. The van der Waals surface area contributed by atoms with Crippen LogP contribution in [0.3, 0.4) is 0 Å². The molecule has 5 N–H and O–H groups in total. The fourth-order valence-electron chi connectivity index (χ4n) is 4.11. The quantitative estimate of drug-likeness (QED) is 0.207. The summed E-state index contributed by atoms with van der Waals surface area (Å²) in [6.07, 6.45) is 12.8. The van der Waals surface area contributed by atoms with Crippen LogP contribution in [0.15, 0.2) is 0 Å². The van der Waals surface area contributed by atoms with Gasteiger partial charge in [-0.05, 0) is 6.42 Å². The summed E-state index contributed by atoms with van der Waals surface area (Å²) in [5.74, 6) is -0.265. The largest absolute Gasteiger partial charge is 0.394 e. The Morgan fingerprint density at radius 1 is 0.710 bits per heavy atom. The van der Waals surface area contributed by atoms with Crippen LogP contribution in [-0.4, -0.2) is 63.6 Å². The number of unbranched alkanes of at least 4 members (excludes halogenated alkanes) is 14. The molecule has 5 atom stereocenters. The number of nitrogens with one attached hydrogen (secondary N) is 1. The van der Waals surface area contributed by atoms with Gasteiger partial charge >= 0.3 is 0 Å². The number of ether oxygens (including phenoxy) is 1. The zero-order chi connectivity index (χ0) is 22.9. The molecule has 1 aliphatic heterocycles. The Hall–Kier alpha value is -0.730. The minimum Gasteiger partial charge on any atom is -0.394 e. The van der Waals surface area contributed by atoms with Crippen molar-refractivity contribution < 1.29 is 30.0 Å². The Balaban J connectivity index is 1.95. The van der Waals surface area contributed by atoms with E-state index in [4.69, 9.17) is 4.74 Å². The van der Waals surface area contributed by atoms with E-state index in [1.807, 2.05) is 0 Å². The Morgan fingerprint density at radius 2 is 1.16 bits per heavy atom. The van der Waals surface area contributed by atoms with Crippen molar-refractivity contribution in [2.24, 2.45) is 0 Å². The third-order valence-electron chi connectivity index (χ3n) is 6.20. The van der Waals surface area contributed by atoms with Gasteiger partial charge in [0.05, 0.1) is 6.61 Å². The Morgan fingerprint density at radius 3 is 1.61 bits per heavy atom. The highest BCUT2D eigenvalue weighted by molar-refractivity contribution is 5.76. The van der Waals surface area contributed by atoms with Crippen molar-refractivity contribution in [3.63, 3.8) is 0 Å². The van der Waals surface area contributed by atoms with Crippen molar-refractivity contribution in [3.8, 4) is 0 Å². The molecule has 1 unspecified atom stereocenters. The summed E-state index contributed by atoms with van der Waals surface area (Å²) in [6.45, 7) is 1.75. The van der Waals surface area contributed by atoms with Crippen LogP contribution >= 0.6 is 0 Å². The zero-order valence-corrected chi connectivity index (χ0v) is 19.5. The molecule has 1 fully saturated rings. The first-order valence-electron chi connectivity index (χ1n) is 12.6. The van der Waals surface area contributed by atoms with E-state index >= 15 is 0 Å². The molecule has 31 heavy (non-hydrogen) atoms. The molecule has 0 radical (unpaired) electrons. The molecule has 1 rings (SSSR count). The SMILES string of the molecule is CCCCCCCCCCCCCCCCCC(=O)NC1O[C@H](CO)[C@@H](O)[C@H](O)[C@H]1O. The van der Waals surface area contributed by atoms with Gasteiger partial charge in [-0.25, -0.2) is 0 Å². The minimum absolute atomic E-state index is 0.265. The Kier molecular flexibility index (Phi) is 16.2. The van der Waals surface area contributed by atoms with Crippen molar-refractivity contribution in [2.75, 3.05) is 6.61 Å². The maximum Gasteiger partial charge on any atom is 0.222 e. The van der Waals surface area contributed by atoms with E-state index in [1.165, 1.54) is 77.0 Å². The van der Waals surface area contributed by atoms with E-state index < -0.39 is 37.3 Å². The fourth-order valence-corrected chi connectivity index (χ4v) is 4.11. The number of carbonyl (C=O) groups is 1. The molecule has 184 valence electrons. The summed E-state index contributed by atoms with van der Waals surface area (Å²) in [7, 11) is 0. The first-order valence-corrected chi connectivity index (χ1v) is 12.6. The van der Waals surface area contributed by atoms with Gasteiger partial charge in [0.15, 0.2) is 6.23 Å². The van der Waals surface area contributed by atoms with Crippen LogP contribution < -0.4 is 5.32 Å². The molecular formula is C24H47NO6. The summed E-state index contributed by atoms with van der Waals surface area (Å²) in [6, 6.07) is 0. The molecule has 0 saturated carbocycles. The molecule has 7 nitrogen and oxygen atoms in total. The van der Waals surface area contributed by atoms with Crippen LogP contribution in [0.25, 0.3) is 0 Å². The van der Waals surface area contributed by atoms with Gasteiger partial charge < -0.3 is 30.5 Å². The normalized spacial score (nSPS) is 26.2. The highest BCUT2D eigenvalue weighted by Crippen LogP contribution is 2.20. The maximum atomic E-state index is 12.1. The average molecular weight is 446 g/mol. The van der Waals surface area contributed by atoms with Gasteiger partial charge in [-0.3, -0.25) is 4.79 Å². The molecule has 1 amide bonds. The van der Waals surface area contributed by atoms with E-state index in [9.17, 15) is 25.2 Å². The van der Waals surface area contributed by atoms with Crippen LogP contribution in [0.5, 0.6) is 0 Å². The Bertz CT molecular complexity index is 448. The maximum absolute atomic E-state index is 12.1. The highest BCUT2D eigenvalue weighted by atomic mass is 16.6. The first-order chi connectivity index (χ1) is 15.0. The van der Waals surface area contributed by atoms with Crippen LogP contribution in [0, 0.1) is 0 Å². The number of carbonyl (C=O) groups excluding carboxylic acids is 1. The van der Waals surface area contributed by atoms with Gasteiger partial charge in [-0.15, -0.1) is 0 Å². The predicted octanol–water partition coefficient (Wildman–Crippen LogP) is 3.16. The lowest BCUT2D eigenvalue weighted by molar-refractivity contribution is -0.236. The third kappa shape index (κ3) is 12.2. The summed E-state index contributed by atoms with van der Waals surface area (Å²) < 4.78 is 5.29. The van der Waals surface area contributed by atoms with Gasteiger partial charge in [-0.1, -0.05) is 96.8 Å². The smallest absolute Gasteiger partial charge is 0.222 e. The molecule has 7 heteroatoms. The van der Waals surface area contributed by atoms with Gasteiger partial charge in [-0.2, -0.15) is 0 Å². The summed E-state index contributed by atoms with van der Waals surface area (Å²) >= 11 is 0. The van der Waals surface area contributed by atoms with Crippen LogP contribution in [-0.2, 0) is 9.53 Å². The topological polar surface area (TPSA) is 119 Å². The number of aliphatic hydroxyl groups is 4. The lowest BCUT2D eigenvalue weighted by Crippen LogP contribution is -2.63. The zero-order valence-electron chi connectivity index (χ0n) is 19.5. The van der Waals surface area contributed by atoms with Crippen LogP contribution in [0.1, 0.15) is 110 Å². The summed E-state index contributed by atoms with van der Waals surface area (Å²) in [5.41, 5.74) is 0. The van der Waals surface area contributed by atoms with E-state index in [2.05, 4.69) is 12.2 Å². The predicted molar refractivity (Wildman–Crippen MR) is 121 cm³/mol. The van der Waals surface area contributed by atoms with Crippen molar-refractivity contribution >= 4 is 5.91 Å². The molecule has 1 aliphatic rings. The van der Waals surface area contributed by atoms with Crippen LogP contribution in [0.2, 0.25) is 0 Å². The van der Waals surface area contributed by atoms with Crippen molar-refractivity contribution in [2.45, 2.75) is 140 Å². The average Bonchev–Trinajstić information content (AvgIpc) is 2.76. The number of amides is 1. The number of rotatable bonds is 18. The van der Waals surface area contributed by atoms with Crippen LogP contribution in [0.4, 0.5) is 0 Å². The lowest BCUT2D eigenvalue weighted by Gasteiger charge is -2.40. The van der Waals surface area contributed by atoms with E-state index in [0.29, 0.717) is 6.42 Å². The first kappa shape index (κ1) is 28.3. The van der Waals surface area contributed by atoms with Crippen molar-refractivity contribution in [3.05, 3.63) is 0 Å². The molecule has 0 aromatic heterocycles. The second kappa shape index (κ2) is 17.8. The molecule has 0 aromatic rings. The molecule has 0 aliphatic carbocycles. The van der Waals surface area contributed by atoms with E-state index in [-0.39, 0.29) is 5.91 Å². The number of hydrogen-bond acceptors (Lipinski definition) is 6. The van der Waals surface area contributed by atoms with E-state index in [1.54, 1.807) is 0 Å². The number of hydrogen-bond donors (Lipinski definition) is 5. The molecule has 1 saturated heterocycles. The lowest BCUT2D eigenvalue weighted by atomic mass is 9.98. The molecule has 1 heterocycles. The van der Waals surface area contributed by atoms with Crippen molar-refractivity contribution in [1.29, 1.82) is 0 Å². The second-order valence-electron chi connectivity index (χ2n) is 9.02. The standard InChI is InChI=1S/C24H47NO6/c1-2-3-4-5-6-7-8-9-10-11-12-13-14-15-16-17-20(27)25-24-23(30)22(29)21(28)19(18-26)31-24/h19,21-24,26,28-30H,2-18H2,1H3,(H,25,27)/t19-,21-,22+,23-,24?/m1/s1. The second-order valence-corrected chi connectivity index (χ2v) is 9.02. The van der Waals surface area contributed by atoms with Crippen molar-refractivity contribution in [1.82, 2.24) is 5.32 Å². The molecule has 0 aromatic carbocycles. The summed E-state index contributed by atoms with van der Waals surface area (Å²) in [4.78, 5) is 12.1. The summed E-state index contributed by atoms with van der Waals surface area (Å²) in [5, 5.41) is 41.2. The highest BCUT2D eigenvalue weighted by Gasteiger charge is 2.43. The monoisotopic (exact) mass is 445 g/mol. The number of aliphatic hydroxyl groups excluding tert-OH is 4. The van der Waals surface area contributed by atoms with Gasteiger partial charge in [0.25, 0.3) is 0 Å². The third-order valence-corrected chi connectivity index (χ3v) is 6.20. The minimum atomic E-state index is -1.47. The Labute approximate surface area is 188 Å². The molecular weight excluding hydrogens is 398 g/mol. The van der Waals surface area contributed by atoms with Gasteiger partial charge in [0, 0.05) is 6.42 Å². The molecule has 0 bridgehead atoms. The molecule has 0 spiro atoms. The van der Waals surface area contributed by atoms with E-state index in [0.717, 1.165) is 19.3 Å². The van der Waals surface area contributed by atoms with Gasteiger partial charge in [0.1, 0.15) is 24.4 Å². The van der Waals surface area contributed by atoms with Gasteiger partial charge in [0.2, 0.25) is 5.91 Å².